The Labute approximate surface area is 129 Å². The molecule has 0 radical (unpaired) electrons. The van der Waals surface area contributed by atoms with E-state index in [1.54, 1.807) is 32.9 Å². The van der Waals surface area contributed by atoms with Crippen LogP contribution in [-0.4, -0.2) is 23.9 Å². The maximum absolute atomic E-state index is 12.7. The minimum atomic E-state index is -5.69. The predicted molar refractivity (Wildman–Crippen MR) is 73.3 cm³/mol. The average Bonchev–Trinajstić information content (AvgIpc) is 2.30. The van der Waals surface area contributed by atoms with E-state index in [0.717, 1.165) is 10.9 Å². The zero-order chi connectivity index (χ0) is 18.2. The van der Waals surface area contributed by atoms with E-state index in [0.29, 0.717) is 11.1 Å². The van der Waals surface area contributed by atoms with E-state index < -0.39 is 23.9 Å². The SMILES string of the molecule is Cc1cc(C)c(NC(=O)NC(C)(C(F)(F)F)C(F)(F)F)c(C)c1. The van der Waals surface area contributed by atoms with Crippen molar-refractivity contribution < 1.29 is 31.1 Å². The van der Waals surface area contributed by atoms with E-state index in [-0.39, 0.29) is 12.6 Å². The number of alkyl halides is 6. The van der Waals surface area contributed by atoms with Gasteiger partial charge in [0.15, 0.2) is 0 Å². The van der Waals surface area contributed by atoms with Gasteiger partial charge in [0.25, 0.3) is 0 Å². The summed E-state index contributed by atoms with van der Waals surface area (Å²) in [6.45, 7) is 4.82. The first kappa shape index (κ1) is 19.1. The van der Waals surface area contributed by atoms with Crippen molar-refractivity contribution in [2.75, 3.05) is 5.32 Å². The van der Waals surface area contributed by atoms with Crippen molar-refractivity contribution in [3.8, 4) is 0 Å². The van der Waals surface area contributed by atoms with Crippen molar-refractivity contribution in [1.82, 2.24) is 5.32 Å². The molecule has 1 aromatic rings. The predicted octanol–water partition coefficient (Wildman–Crippen LogP) is 4.62. The largest absolute Gasteiger partial charge is 0.420 e. The zero-order valence-electron chi connectivity index (χ0n) is 12.8. The number of hydrogen-bond donors (Lipinski definition) is 2. The number of halogens is 6. The third-order valence-corrected chi connectivity index (χ3v) is 3.41. The topological polar surface area (TPSA) is 41.1 Å². The van der Waals surface area contributed by atoms with Gasteiger partial charge in [0, 0.05) is 5.69 Å². The number of urea groups is 1. The summed E-state index contributed by atoms with van der Waals surface area (Å²) in [7, 11) is 0. The van der Waals surface area contributed by atoms with Crippen molar-refractivity contribution in [1.29, 1.82) is 0 Å². The molecule has 9 heteroatoms. The first-order valence-corrected chi connectivity index (χ1v) is 6.49. The Bertz CT molecular complexity index is 569. The fourth-order valence-electron chi connectivity index (χ4n) is 2.05. The van der Waals surface area contributed by atoms with Crippen molar-refractivity contribution in [3.05, 3.63) is 28.8 Å². The highest BCUT2D eigenvalue weighted by molar-refractivity contribution is 5.91. The number of benzene rings is 1. The molecule has 0 fully saturated rings. The Kier molecular flexibility index (Phi) is 4.93. The summed E-state index contributed by atoms with van der Waals surface area (Å²) in [4.78, 5) is 11.7. The highest BCUT2D eigenvalue weighted by Crippen LogP contribution is 2.42. The molecule has 0 spiro atoms. The molecule has 3 nitrogen and oxygen atoms in total. The van der Waals surface area contributed by atoms with Gasteiger partial charge in [-0.1, -0.05) is 17.7 Å². The number of amides is 2. The Hall–Kier alpha value is -1.93. The standard InChI is InChI=1S/C14H16F6N2O/c1-7-5-8(2)10(9(3)6-7)21-11(23)22-12(4,13(15,16)17)14(18,19)20/h5-6H,1-4H3,(H2,21,22,23). The molecule has 1 aromatic carbocycles. The Morgan fingerprint density at radius 3 is 1.65 bits per heavy atom. The second-order valence-corrected chi connectivity index (χ2v) is 5.47. The molecule has 0 heterocycles. The smallest absolute Gasteiger partial charge is 0.316 e. The Morgan fingerprint density at radius 2 is 1.30 bits per heavy atom. The maximum Gasteiger partial charge on any atom is 0.420 e. The van der Waals surface area contributed by atoms with Crippen LogP contribution in [0.15, 0.2) is 12.1 Å². The van der Waals surface area contributed by atoms with Crippen LogP contribution in [0.4, 0.5) is 36.8 Å². The summed E-state index contributed by atoms with van der Waals surface area (Å²) in [5.41, 5.74) is -2.28. The van der Waals surface area contributed by atoms with Gasteiger partial charge in [-0.3, -0.25) is 0 Å². The number of hydrogen-bond acceptors (Lipinski definition) is 1. The summed E-state index contributed by atoms with van der Waals surface area (Å²) >= 11 is 0. The quantitative estimate of drug-likeness (QED) is 0.757. The van der Waals surface area contributed by atoms with Gasteiger partial charge in [-0.25, -0.2) is 4.79 Å². The number of nitrogens with one attached hydrogen (secondary N) is 2. The van der Waals surface area contributed by atoms with Crippen molar-refractivity contribution >= 4 is 11.7 Å². The summed E-state index contributed by atoms with van der Waals surface area (Å²) in [5, 5.41) is 3.05. The maximum atomic E-state index is 12.7. The van der Waals surface area contributed by atoms with Crippen LogP contribution in [0, 0.1) is 20.8 Å². The van der Waals surface area contributed by atoms with Gasteiger partial charge in [-0.2, -0.15) is 26.3 Å². The van der Waals surface area contributed by atoms with Gasteiger partial charge in [0.05, 0.1) is 0 Å². The lowest BCUT2D eigenvalue weighted by atomic mass is 10.0. The van der Waals surface area contributed by atoms with Gasteiger partial charge < -0.3 is 10.6 Å². The molecule has 0 bridgehead atoms. The van der Waals surface area contributed by atoms with Crippen LogP contribution in [-0.2, 0) is 0 Å². The van der Waals surface area contributed by atoms with Crippen LogP contribution in [0.3, 0.4) is 0 Å². The van der Waals surface area contributed by atoms with Gasteiger partial charge in [0.2, 0.25) is 5.54 Å². The zero-order valence-corrected chi connectivity index (χ0v) is 12.8. The van der Waals surface area contributed by atoms with Crippen molar-refractivity contribution in [2.45, 2.75) is 45.6 Å². The Morgan fingerprint density at radius 1 is 0.913 bits per heavy atom. The summed E-state index contributed by atoms with van der Waals surface area (Å²) in [6, 6.07) is 1.71. The average molecular weight is 342 g/mol. The summed E-state index contributed by atoms with van der Waals surface area (Å²) < 4.78 is 76.5. The third-order valence-electron chi connectivity index (χ3n) is 3.41. The number of carbonyl (C=O) groups is 1. The van der Waals surface area contributed by atoms with Crippen LogP contribution in [0.5, 0.6) is 0 Å². The van der Waals surface area contributed by atoms with Gasteiger partial charge in [0.1, 0.15) is 0 Å². The lowest BCUT2D eigenvalue weighted by molar-refractivity contribution is -0.297. The van der Waals surface area contributed by atoms with E-state index in [1.165, 1.54) is 0 Å². The second kappa shape index (κ2) is 5.93. The fourth-order valence-corrected chi connectivity index (χ4v) is 2.05. The van der Waals surface area contributed by atoms with Gasteiger partial charge >= 0.3 is 18.4 Å². The molecule has 0 aromatic heterocycles. The van der Waals surface area contributed by atoms with Gasteiger partial charge in [-0.15, -0.1) is 0 Å². The van der Waals surface area contributed by atoms with Gasteiger partial charge in [-0.05, 0) is 38.8 Å². The summed E-state index contributed by atoms with van der Waals surface area (Å²) in [5.74, 6) is 0. The van der Waals surface area contributed by atoms with Crippen LogP contribution in [0.25, 0.3) is 0 Å². The first-order chi connectivity index (χ1) is 10.2. The minimum Gasteiger partial charge on any atom is -0.316 e. The van der Waals surface area contributed by atoms with Crippen LogP contribution in [0.2, 0.25) is 0 Å². The molecule has 130 valence electrons. The monoisotopic (exact) mass is 342 g/mol. The van der Waals surface area contributed by atoms with E-state index in [1.807, 2.05) is 0 Å². The first-order valence-electron chi connectivity index (χ1n) is 6.49. The molecule has 2 N–H and O–H groups in total. The molecule has 0 saturated heterocycles. The number of rotatable bonds is 2. The number of carbonyl (C=O) groups excluding carboxylic acids is 1. The normalized spacial score (nSPS) is 13.0. The lowest BCUT2D eigenvalue weighted by Crippen LogP contribution is -2.66. The van der Waals surface area contributed by atoms with Crippen molar-refractivity contribution in [3.63, 3.8) is 0 Å². The highest BCUT2D eigenvalue weighted by Gasteiger charge is 2.68. The number of aryl methyl sites for hydroxylation is 3. The number of anilines is 1. The van der Waals surface area contributed by atoms with E-state index in [4.69, 9.17) is 0 Å². The highest BCUT2D eigenvalue weighted by atomic mass is 19.4. The molecular weight excluding hydrogens is 326 g/mol. The molecule has 0 aliphatic carbocycles. The summed E-state index contributed by atoms with van der Waals surface area (Å²) in [6.07, 6.45) is -11.4. The lowest BCUT2D eigenvalue weighted by Gasteiger charge is -2.34. The molecule has 1 rings (SSSR count). The molecule has 0 aliphatic rings. The van der Waals surface area contributed by atoms with Crippen LogP contribution < -0.4 is 10.6 Å². The fraction of sp³-hybridized carbons (Fsp3) is 0.500. The molecule has 0 saturated carbocycles. The minimum absolute atomic E-state index is 0.124. The van der Waals surface area contributed by atoms with E-state index >= 15 is 0 Å². The molecule has 0 unspecified atom stereocenters. The molecule has 23 heavy (non-hydrogen) atoms. The molecule has 0 aliphatic heterocycles. The van der Waals surface area contributed by atoms with Crippen LogP contribution in [0.1, 0.15) is 23.6 Å². The second-order valence-electron chi connectivity index (χ2n) is 5.47. The Balaban J connectivity index is 3.08. The third kappa shape index (κ3) is 3.89. The molecule has 0 atom stereocenters. The van der Waals surface area contributed by atoms with Crippen molar-refractivity contribution in [2.24, 2.45) is 0 Å². The molecular formula is C14H16F6N2O. The van der Waals surface area contributed by atoms with E-state index in [9.17, 15) is 31.1 Å². The van der Waals surface area contributed by atoms with Crippen LogP contribution >= 0.6 is 0 Å². The van der Waals surface area contributed by atoms with E-state index in [2.05, 4.69) is 5.32 Å². The molecule has 2 amide bonds.